The molecule has 6 aromatic rings. The van der Waals surface area contributed by atoms with Crippen LogP contribution in [0.15, 0.2) is 98.9 Å². The number of piperazine rings is 3. The van der Waals surface area contributed by atoms with Gasteiger partial charge in [-0.25, -0.2) is 15.0 Å². The smallest absolute Gasteiger partial charge is 0.308 e. The summed E-state index contributed by atoms with van der Waals surface area (Å²) in [5, 5.41) is 9.26. The molecular formula is C75H140N17O9+. The topological polar surface area (TPSA) is 247 Å². The summed E-state index contributed by atoms with van der Waals surface area (Å²) in [6, 6.07) is 14.9. The van der Waals surface area contributed by atoms with Gasteiger partial charge in [0, 0.05) is 97.0 Å². The van der Waals surface area contributed by atoms with Crippen LogP contribution in [0.1, 0.15) is 153 Å². The maximum Gasteiger partial charge on any atom is 0.308 e. The number of hydrogen-bond acceptors (Lipinski definition) is 21. The van der Waals surface area contributed by atoms with E-state index in [0.29, 0.717) is 69.7 Å². The number of likely N-dealkylation sites (N-methyl/N-ethyl adjacent to an activating group) is 4. The molecule has 0 bridgehead atoms. The van der Waals surface area contributed by atoms with Crippen molar-refractivity contribution < 1.29 is 47.3 Å². The van der Waals surface area contributed by atoms with E-state index in [2.05, 4.69) is 187 Å². The molecule has 4 N–H and O–H groups in total. The summed E-state index contributed by atoms with van der Waals surface area (Å²) in [5.41, 5.74) is 4.56. The van der Waals surface area contributed by atoms with E-state index in [9.17, 15) is 0 Å². The maximum absolute atomic E-state index is 5.63. The van der Waals surface area contributed by atoms with Crippen LogP contribution >= 0.6 is 0 Å². The first-order valence-corrected chi connectivity index (χ1v) is 36.5. The molecule has 0 amide bonds. The van der Waals surface area contributed by atoms with Crippen molar-refractivity contribution in [2.75, 3.05) is 133 Å². The molecule has 1 aromatic carbocycles. The van der Waals surface area contributed by atoms with Gasteiger partial charge >= 0.3 is 6.33 Å². The normalized spacial score (nSPS) is 15.5. The van der Waals surface area contributed by atoms with Crippen LogP contribution in [0.25, 0.3) is 0 Å². The molecule has 9 rings (SSSR count). The largest absolute Gasteiger partial charge is 0.378 e. The van der Waals surface area contributed by atoms with Gasteiger partial charge in [0.2, 0.25) is 13.1 Å². The first kappa shape index (κ1) is 93.5. The fourth-order valence-corrected chi connectivity index (χ4v) is 8.45. The summed E-state index contributed by atoms with van der Waals surface area (Å²) >= 11 is 0. The number of hydrogen-bond donors (Lipinski definition) is 4. The number of nitrogens with zero attached hydrogens (tertiary/aromatic N) is 13. The molecule has 3 saturated heterocycles. The fourth-order valence-electron chi connectivity index (χ4n) is 8.45. The number of nitrogens with one attached hydrogen (secondary N) is 4. The molecule has 0 saturated carbocycles. The van der Waals surface area contributed by atoms with Gasteiger partial charge in [-0.05, 0) is 187 Å². The molecular weight excluding hydrogens is 1280 g/mol. The molecule has 1 unspecified atom stereocenters. The van der Waals surface area contributed by atoms with Crippen molar-refractivity contribution in [2.24, 2.45) is 0 Å². The predicted molar refractivity (Wildman–Crippen MR) is 404 cm³/mol. The fraction of sp³-hybridized carbons (Fsp3) is 0.720. The van der Waals surface area contributed by atoms with E-state index >= 15 is 0 Å². The van der Waals surface area contributed by atoms with Crippen molar-refractivity contribution in [3.63, 3.8) is 0 Å². The lowest BCUT2D eigenvalue weighted by Crippen LogP contribution is -2.52. The highest BCUT2D eigenvalue weighted by Gasteiger charge is 2.22. The van der Waals surface area contributed by atoms with Crippen LogP contribution < -0.4 is 4.68 Å². The van der Waals surface area contributed by atoms with Gasteiger partial charge in [0.25, 0.3) is 0 Å². The van der Waals surface area contributed by atoms with Crippen LogP contribution in [0.4, 0.5) is 0 Å². The lowest BCUT2D eigenvalue weighted by molar-refractivity contribution is -0.784. The molecule has 1 atom stereocenters. The Morgan fingerprint density at radius 3 is 1.41 bits per heavy atom. The highest BCUT2D eigenvalue weighted by atomic mass is 16.5. The summed E-state index contributed by atoms with van der Waals surface area (Å²) in [6.07, 6.45) is 18.9. The zero-order valence-corrected chi connectivity index (χ0v) is 66.6. The third-order valence-electron chi connectivity index (χ3n) is 14.6. The monoisotopic (exact) mass is 1420 g/mol. The van der Waals surface area contributed by atoms with Crippen molar-refractivity contribution in [1.82, 2.24) is 79.6 Å². The molecule has 0 spiro atoms. The summed E-state index contributed by atoms with van der Waals surface area (Å²) in [6.45, 7) is 57.0. The van der Waals surface area contributed by atoms with Gasteiger partial charge in [0.15, 0.2) is 0 Å². The summed E-state index contributed by atoms with van der Waals surface area (Å²) in [5.74, 6) is 0.772. The Hall–Kier alpha value is -5.53. The van der Waals surface area contributed by atoms with E-state index in [-0.39, 0.29) is 24.4 Å². The third kappa shape index (κ3) is 57.6. The standard InChI is InChI=1S/C11H16O.2C10H22N2O.C9H20N2O.C9H13NO.2C7H12N2O.2C6H11N3O/c1-10(2)12-9-8-11-6-4-3-5-7-11;1-9(2)13-8-10-7-11(3)5-6-12(10)4;1-10(2)13-9-8-12-6-4-11(3)5-7-12;1-9(2)12-8-11-6-4-10(3)5-7-11;1-8(2)11-7-9-3-5-10-6-4-9;2*1-6(2)10-4-7-3-8-5-9-7;1-6(2)10-5-9-4-7-3-8-9;1-5(2)10-3-6-7-4-8-9-6/h3-7,10H,8-9H2,1-2H3;9-10H,5-8H2,1-4H3;10H,4-9H2,1-3H3;9H,4-8H2,1-3H3;3-6,8H,7H2,1-2H3;2*3,5-6H,4H2,1-2H3,(H,8,9);3-4,6H,5H2,1-2H3;4-5H,3H2,1-2H3,(H,7,8,9)/p+1. The zero-order chi connectivity index (χ0) is 75.0. The number of ether oxygens (including phenoxy) is 9. The lowest BCUT2D eigenvalue weighted by atomic mass is 10.2. The maximum atomic E-state index is 5.63. The van der Waals surface area contributed by atoms with Crippen LogP contribution in [-0.2, 0) is 82.2 Å². The zero-order valence-electron chi connectivity index (χ0n) is 66.6. The molecule has 26 heteroatoms. The highest BCUT2D eigenvalue weighted by Crippen LogP contribution is 2.09. The van der Waals surface area contributed by atoms with E-state index in [0.717, 1.165) is 82.9 Å². The van der Waals surface area contributed by atoms with E-state index in [1.54, 1.807) is 54.8 Å². The number of benzene rings is 1. The number of aromatic nitrogens is 11. The number of pyridine rings is 1. The van der Waals surface area contributed by atoms with Crippen LogP contribution in [0.3, 0.4) is 0 Å². The molecule has 3 aliphatic rings. The third-order valence-corrected chi connectivity index (χ3v) is 14.6. The number of aromatic amines is 4. The molecule has 3 fully saturated rings. The lowest BCUT2D eigenvalue weighted by Gasteiger charge is -2.37. The van der Waals surface area contributed by atoms with Crippen molar-refractivity contribution >= 4 is 0 Å². The van der Waals surface area contributed by atoms with E-state index in [1.165, 1.54) is 63.3 Å². The van der Waals surface area contributed by atoms with E-state index < -0.39 is 0 Å². The van der Waals surface area contributed by atoms with E-state index in [4.69, 9.17) is 42.6 Å². The minimum atomic E-state index is 0.241. The van der Waals surface area contributed by atoms with Crippen LogP contribution in [0.5, 0.6) is 0 Å². The first-order chi connectivity index (χ1) is 48.2. The van der Waals surface area contributed by atoms with Gasteiger partial charge in [0.05, 0.1) is 138 Å². The molecule has 3 aliphatic heterocycles. The quantitative estimate of drug-likeness (QED) is 0.0319. The Morgan fingerprint density at radius 1 is 0.455 bits per heavy atom. The number of rotatable bonds is 29. The van der Waals surface area contributed by atoms with Crippen LogP contribution in [0, 0.1) is 0 Å². The predicted octanol–water partition coefficient (Wildman–Crippen LogP) is 10.1. The second-order valence-electron chi connectivity index (χ2n) is 27.5. The van der Waals surface area contributed by atoms with Crippen LogP contribution in [-0.4, -0.2) is 274 Å². The average Bonchev–Trinajstić information content (AvgIpc) is 1.70. The van der Waals surface area contributed by atoms with Gasteiger partial charge in [-0.2, -0.15) is 10.2 Å². The van der Waals surface area contributed by atoms with Crippen molar-refractivity contribution in [3.8, 4) is 0 Å². The second kappa shape index (κ2) is 59.8. The Balaban J connectivity index is 0.000000569. The molecule has 0 aliphatic carbocycles. The number of H-pyrrole nitrogens is 4. The van der Waals surface area contributed by atoms with Gasteiger partial charge in [-0.3, -0.25) is 24.8 Å². The molecule has 101 heavy (non-hydrogen) atoms. The van der Waals surface area contributed by atoms with Crippen molar-refractivity contribution in [1.29, 1.82) is 0 Å². The average molecular weight is 1420 g/mol. The molecule has 0 radical (unpaired) electrons. The second-order valence-corrected chi connectivity index (χ2v) is 27.5. The summed E-state index contributed by atoms with van der Waals surface area (Å²) in [7, 11) is 8.71. The molecule has 26 nitrogen and oxygen atoms in total. The Kier molecular flexibility index (Phi) is 55.4. The molecule has 578 valence electrons. The Labute approximate surface area is 610 Å². The van der Waals surface area contributed by atoms with Crippen LogP contribution in [0.2, 0.25) is 0 Å². The summed E-state index contributed by atoms with van der Waals surface area (Å²) < 4.78 is 50.4. The number of imidazole rings is 2. The molecule has 8 heterocycles. The minimum Gasteiger partial charge on any atom is -0.378 e. The first-order valence-electron chi connectivity index (χ1n) is 36.5. The van der Waals surface area contributed by atoms with E-state index in [1.807, 2.05) is 87.4 Å². The Morgan fingerprint density at radius 2 is 0.941 bits per heavy atom. The van der Waals surface area contributed by atoms with Crippen molar-refractivity contribution in [3.05, 3.63) is 127 Å². The van der Waals surface area contributed by atoms with Gasteiger partial charge in [0.1, 0.15) is 18.8 Å². The van der Waals surface area contributed by atoms with Gasteiger partial charge < -0.3 is 67.3 Å². The molecule has 5 aromatic heterocycles. The van der Waals surface area contributed by atoms with Crippen molar-refractivity contribution in [2.45, 2.75) is 225 Å². The SMILES string of the molecule is CC(C)OCC1CN(C)CCN1C.CC(C)OCCN1CCN(C)CC1.CC(C)OCCc1ccccc1.CC(C)OCN1CCN(C)CC1.CC(C)OC[n+]1cnc[nH]1.CC(C)OCc1ccncc1.CC(C)OCc1cnc[nH]1.CC(C)OCc1cnc[nH]1.CC(C)OCc1ncn[nH]1. The van der Waals surface area contributed by atoms with Gasteiger partial charge in [-0.1, -0.05) is 30.3 Å². The highest BCUT2D eigenvalue weighted by molar-refractivity contribution is 5.14. The minimum absolute atomic E-state index is 0.241. The Bertz CT molecular complexity index is 2460. The summed E-state index contributed by atoms with van der Waals surface area (Å²) in [4.78, 5) is 39.6. The van der Waals surface area contributed by atoms with Gasteiger partial charge in [-0.15, -0.1) is 4.68 Å².